The zero-order chi connectivity index (χ0) is 29.3. The first-order valence-electron chi connectivity index (χ1n) is 15.3. The predicted octanol–water partition coefficient (Wildman–Crippen LogP) is 5.11. The topological polar surface area (TPSA) is 112 Å². The standard InChI is InChI=1S/C34H39N3O5/c1-2-41-33(40)34-19-22(34)12-6-4-3-5-7-16-27(35)32(39)37-21-23(18-29(37)30(38)20-34)42-31-26-15-9-8-13-24(26)25-14-10-11-17-28(25)36-31/h6,8-15,17,22-23,27,29H,2-5,7,16,18-21,35H2,1H3/b12-6-/t22-,23-,27+,29+,34-/m1/s1. The minimum absolute atomic E-state index is 0.0290. The number of carbonyl (C=O) groups is 3. The Morgan fingerprint density at radius 1 is 1.05 bits per heavy atom. The molecule has 2 N–H and O–H groups in total. The van der Waals surface area contributed by atoms with Gasteiger partial charge in [-0.25, -0.2) is 4.98 Å². The normalized spacial score (nSPS) is 29.3. The Labute approximate surface area is 246 Å². The molecule has 3 aromatic rings. The second-order valence-corrected chi connectivity index (χ2v) is 12.0. The number of hydrogen-bond donors (Lipinski definition) is 1. The van der Waals surface area contributed by atoms with E-state index in [4.69, 9.17) is 20.2 Å². The molecule has 6 rings (SSSR count). The number of fused-ring (bicyclic) bond motifs is 5. The van der Waals surface area contributed by atoms with E-state index in [2.05, 4.69) is 12.2 Å². The maximum atomic E-state index is 14.0. The van der Waals surface area contributed by atoms with Crippen molar-refractivity contribution in [3.8, 4) is 5.88 Å². The van der Waals surface area contributed by atoms with Crippen LogP contribution in [0.4, 0.5) is 0 Å². The van der Waals surface area contributed by atoms with Gasteiger partial charge in [0, 0.05) is 23.6 Å². The molecule has 0 spiro atoms. The molecule has 5 atom stereocenters. The molecule has 1 saturated carbocycles. The Morgan fingerprint density at radius 3 is 2.62 bits per heavy atom. The van der Waals surface area contributed by atoms with Gasteiger partial charge in [-0.3, -0.25) is 14.4 Å². The third-order valence-corrected chi connectivity index (χ3v) is 9.15. The van der Waals surface area contributed by atoms with Crippen molar-refractivity contribution in [3.63, 3.8) is 0 Å². The van der Waals surface area contributed by atoms with E-state index < -0.39 is 23.6 Å². The zero-order valence-electron chi connectivity index (χ0n) is 24.2. The number of nitrogens with two attached hydrogens (primary N) is 1. The number of Topliss-reactive ketones (excluding diaryl/α,β-unsaturated/α-hetero) is 1. The van der Waals surface area contributed by atoms with E-state index in [1.807, 2.05) is 48.5 Å². The average molecular weight is 570 g/mol. The number of para-hydroxylation sites is 1. The molecule has 2 aromatic carbocycles. The number of hydrogen-bond acceptors (Lipinski definition) is 7. The fraction of sp³-hybridized carbons (Fsp3) is 0.471. The lowest BCUT2D eigenvalue weighted by Gasteiger charge is -2.27. The number of benzene rings is 2. The molecule has 2 aliphatic heterocycles. The lowest BCUT2D eigenvalue weighted by atomic mass is 9.91. The smallest absolute Gasteiger partial charge is 0.313 e. The summed E-state index contributed by atoms with van der Waals surface area (Å²) < 4.78 is 11.9. The van der Waals surface area contributed by atoms with Crippen molar-refractivity contribution in [2.75, 3.05) is 13.2 Å². The molecule has 8 nitrogen and oxygen atoms in total. The van der Waals surface area contributed by atoms with Gasteiger partial charge in [0.2, 0.25) is 11.8 Å². The summed E-state index contributed by atoms with van der Waals surface area (Å²) in [5, 5.41) is 2.95. The van der Waals surface area contributed by atoms with E-state index in [9.17, 15) is 14.4 Å². The maximum Gasteiger partial charge on any atom is 0.313 e. The van der Waals surface area contributed by atoms with Crippen molar-refractivity contribution in [1.82, 2.24) is 9.88 Å². The molecule has 0 bridgehead atoms. The number of aromatic nitrogens is 1. The fourth-order valence-corrected chi connectivity index (χ4v) is 6.75. The van der Waals surface area contributed by atoms with Crippen LogP contribution in [0.15, 0.2) is 60.7 Å². The van der Waals surface area contributed by atoms with E-state index in [0.717, 1.165) is 47.4 Å². The first-order valence-corrected chi connectivity index (χ1v) is 15.3. The zero-order valence-corrected chi connectivity index (χ0v) is 24.2. The second-order valence-electron chi connectivity index (χ2n) is 12.0. The van der Waals surface area contributed by atoms with E-state index in [1.54, 1.807) is 11.8 Å². The van der Waals surface area contributed by atoms with Gasteiger partial charge in [-0.15, -0.1) is 0 Å². The van der Waals surface area contributed by atoms with E-state index in [-0.39, 0.29) is 43.2 Å². The van der Waals surface area contributed by atoms with Crippen LogP contribution in [-0.2, 0) is 19.1 Å². The van der Waals surface area contributed by atoms with Crippen molar-refractivity contribution < 1.29 is 23.9 Å². The third kappa shape index (κ3) is 5.40. The van der Waals surface area contributed by atoms with Crippen LogP contribution < -0.4 is 10.5 Å². The van der Waals surface area contributed by atoms with Gasteiger partial charge in [0.15, 0.2) is 5.78 Å². The van der Waals surface area contributed by atoms with Crippen LogP contribution in [0.25, 0.3) is 21.7 Å². The van der Waals surface area contributed by atoms with Crippen molar-refractivity contribution in [2.45, 2.75) is 76.5 Å². The Bertz CT molecular complexity index is 1540. The highest BCUT2D eigenvalue weighted by atomic mass is 16.5. The second kappa shape index (κ2) is 11.8. The molecule has 1 saturated heterocycles. The molecule has 0 radical (unpaired) electrons. The quantitative estimate of drug-likeness (QED) is 0.264. The lowest BCUT2D eigenvalue weighted by Crippen LogP contribution is -2.49. The number of amides is 1. The van der Waals surface area contributed by atoms with Crippen LogP contribution in [0.3, 0.4) is 0 Å². The molecule has 8 heteroatoms. The summed E-state index contributed by atoms with van der Waals surface area (Å²) in [5.41, 5.74) is 6.35. The average Bonchev–Trinajstić information content (AvgIpc) is 3.53. The monoisotopic (exact) mass is 569 g/mol. The van der Waals surface area contributed by atoms with Gasteiger partial charge in [0.25, 0.3) is 0 Å². The summed E-state index contributed by atoms with van der Waals surface area (Å²) in [4.78, 5) is 47.2. The number of esters is 1. The van der Waals surface area contributed by atoms with Crippen molar-refractivity contribution in [3.05, 3.63) is 60.7 Å². The number of ketones is 1. The highest BCUT2D eigenvalue weighted by Crippen LogP contribution is 2.57. The molecule has 1 aliphatic carbocycles. The van der Waals surface area contributed by atoms with Crippen LogP contribution >= 0.6 is 0 Å². The highest BCUT2D eigenvalue weighted by Gasteiger charge is 2.61. The van der Waals surface area contributed by atoms with Crippen LogP contribution in [0.1, 0.15) is 58.3 Å². The molecule has 0 unspecified atom stereocenters. The molecular weight excluding hydrogens is 530 g/mol. The van der Waals surface area contributed by atoms with Crippen LogP contribution in [-0.4, -0.2) is 58.9 Å². The molecule has 3 aliphatic rings. The number of ether oxygens (including phenoxy) is 2. The van der Waals surface area contributed by atoms with Crippen molar-refractivity contribution >= 4 is 39.3 Å². The summed E-state index contributed by atoms with van der Waals surface area (Å²) >= 11 is 0. The fourth-order valence-electron chi connectivity index (χ4n) is 6.75. The van der Waals surface area contributed by atoms with Gasteiger partial charge in [-0.1, -0.05) is 61.4 Å². The first kappa shape index (κ1) is 28.3. The third-order valence-electron chi connectivity index (χ3n) is 9.15. The minimum atomic E-state index is -0.865. The SMILES string of the molecule is CCOC(=O)[C@]12CC(=O)[C@@H]3C[C@@H](Oc4nc5ccccc5c5ccccc45)CN3C(=O)[C@@H](N)CCCCC/C=C\[C@@H]1C2. The predicted molar refractivity (Wildman–Crippen MR) is 161 cm³/mol. The molecule has 1 aromatic heterocycles. The number of carbonyl (C=O) groups excluding carboxylic acids is 3. The molecule has 3 heterocycles. The lowest BCUT2D eigenvalue weighted by molar-refractivity contribution is -0.152. The summed E-state index contributed by atoms with van der Waals surface area (Å²) in [7, 11) is 0. The number of allylic oxidation sites excluding steroid dienone is 2. The van der Waals surface area contributed by atoms with E-state index in [1.165, 1.54) is 0 Å². The minimum Gasteiger partial charge on any atom is -0.472 e. The maximum absolute atomic E-state index is 14.0. The summed E-state index contributed by atoms with van der Waals surface area (Å²) in [6, 6.07) is 14.5. The van der Waals surface area contributed by atoms with E-state index >= 15 is 0 Å². The van der Waals surface area contributed by atoms with Crippen LogP contribution in [0, 0.1) is 11.3 Å². The Hall–Kier alpha value is -3.78. The molecule has 42 heavy (non-hydrogen) atoms. The molecular formula is C34H39N3O5. The molecule has 1 amide bonds. The summed E-state index contributed by atoms with van der Waals surface area (Å²) in [5.74, 6) is -0.252. The van der Waals surface area contributed by atoms with Gasteiger partial charge >= 0.3 is 5.97 Å². The Morgan fingerprint density at radius 2 is 1.81 bits per heavy atom. The number of rotatable bonds is 4. The highest BCUT2D eigenvalue weighted by molar-refractivity contribution is 6.07. The van der Waals surface area contributed by atoms with Gasteiger partial charge in [-0.2, -0.15) is 0 Å². The Kier molecular flexibility index (Phi) is 7.99. The van der Waals surface area contributed by atoms with Gasteiger partial charge < -0.3 is 20.1 Å². The summed E-state index contributed by atoms with van der Waals surface area (Å²) in [6.07, 6.45) is 8.96. The largest absolute Gasteiger partial charge is 0.472 e. The van der Waals surface area contributed by atoms with Crippen molar-refractivity contribution in [2.24, 2.45) is 17.1 Å². The van der Waals surface area contributed by atoms with Crippen LogP contribution in [0.5, 0.6) is 5.88 Å². The van der Waals surface area contributed by atoms with Gasteiger partial charge in [0.05, 0.1) is 36.2 Å². The van der Waals surface area contributed by atoms with E-state index in [0.29, 0.717) is 25.1 Å². The number of nitrogens with zero attached hydrogens (tertiary/aromatic N) is 2. The van der Waals surface area contributed by atoms with Crippen LogP contribution in [0.2, 0.25) is 0 Å². The summed E-state index contributed by atoms with van der Waals surface area (Å²) in [6.45, 7) is 2.28. The van der Waals surface area contributed by atoms with Crippen molar-refractivity contribution in [1.29, 1.82) is 0 Å². The number of pyridine rings is 1. The molecule has 220 valence electrons. The molecule has 2 fully saturated rings. The Balaban J connectivity index is 1.31. The first-order chi connectivity index (χ1) is 20.4. The van der Waals surface area contributed by atoms with Gasteiger partial charge in [-0.05, 0) is 56.0 Å². The van der Waals surface area contributed by atoms with Gasteiger partial charge in [0.1, 0.15) is 6.10 Å².